The smallest absolute Gasteiger partial charge is 0.251 e. The number of aromatic nitrogens is 2. The van der Waals surface area contributed by atoms with E-state index in [4.69, 9.17) is 9.52 Å². The zero-order chi connectivity index (χ0) is 16.9. The van der Waals surface area contributed by atoms with Crippen molar-refractivity contribution in [2.75, 3.05) is 11.9 Å². The van der Waals surface area contributed by atoms with Crippen LogP contribution in [-0.2, 0) is 6.54 Å². The summed E-state index contributed by atoms with van der Waals surface area (Å²) in [6.45, 7) is 2.11. The fourth-order valence-corrected chi connectivity index (χ4v) is 2.43. The lowest BCUT2D eigenvalue weighted by Gasteiger charge is -2.20. The molecule has 1 aliphatic carbocycles. The van der Waals surface area contributed by atoms with E-state index in [0.29, 0.717) is 23.9 Å². The molecule has 1 heterocycles. The van der Waals surface area contributed by atoms with Gasteiger partial charge >= 0.3 is 0 Å². The first kappa shape index (κ1) is 16.4. The van der Waals surface area contributed by atoms with Gasteiger partial charge in [0, 0.05) is 23.2 Å². The average molecular weight is 330 g/mol. The number of aliphatic hydroxyl groups excluding tert-OH is 1. The highest BCUT2D eigenvalue weighted by Crippen LogP contribution is 2.35. The summed E-state index contributed by atoms with van der Waals surface area (Å²) in [4.78, 5) is 11.9. The van der Waals surface area contributed by atoms with Gasteiger partial charge in [-0.15, -0.1) is 10.2 Å². The van der Waals surface area contributed by atoms with Crippen LogP contribution in [0.25, 0.3) is 0 Å². The summed E-state index contributed by atoms with van der Waals surface area (Å²) in [6.07, 6.45) is 3.50. The van der Waals surface area contributed by atoms with Crippen LogP contribution < -0.4 is 10.6 Å². The van der Waals surface area contributed by atoms with Crippen molar-refractivity contribution < 1.29 is 14.3 Å². The van der Waals surface area contributed by atoms with E-state index in [2.05, 4.69) is 20.8 Å². The highest BCUT2D eigenvalue weighted by atomic mass is 16.4. The number of amides is 1. The fourth-order valence-electron chi connectivity index (χ4n) is 2.43. The number of carbonyl (C=O) groups is 1. The Morgan fingerprint density at radius 1 is 1.33 bits per heavy atom. The summed E-state index contributed by atoms with van der Waals surface area (Å²) in [7, 11) is 0. The Kier molecular flexibility index (Phi) is 5.10. The predicted molar refractivity (Wildman–Crippen MR) is 88.7 cm³/mol. The maximum Gasteiger partial charge on any atom is 0.251 e. The number of nitrogens with one attached hydrogen (secondary N) is 2. The molecule has 7 heteroatoms. The van der Waals surface area contributed by atoms with Crippen LogP contribution in [0, 0.1) is 0 Å². The first-order valence-corrected chi connectivity index (χ1v) is 8.23. The van der Waals surface area contributed by atoms with Crippen LogP contribution in [0.2, 0.25) is 0 Å². The third-order valence-electron chi connectivity index (χ3n) is 4.18. The van der Waals surface area contributed by atoms with Gasteiger partial charge in [-0.05, 0) is 44.0 Å². The molecule has 0 saturated heterocycles. The highest BCUT2D eigenvalue weighted by Gasteiger charge is 2.24. The summed E-state index contributed by atoms with van der Waals surface area (Å²) < 4.78 is 5.65. The van der Waals surface area contributed by atoms with E-state index >= 15 is 0 Å². The molecule has 7 nitrogen and oxygen atoms in total. The molecule has 0 aliphatic heterocycles. The van der Waals surface area contributed by atoms with Crippen molar-refractivity contribution in [2.24, 2.45) is 0 Å². The number of benzene rings is 1. The minimum absolute atomic E-state index is 0.0849. The van der Waals surface area contributed by atoms with Crippen molar-refractivity contribution in [2.45, 2.75) is 44.7 Å². The number of carbonyl (C=O) groups excluding carboxylic acids is 1. The fraction of sp³-hybridized carbons (Fsp3) is 0.471. The number of hydrogen-bond acceptors (Lipinski definition) is 6. The number of aliphatic hydroxyl groups is 1. The Hall–Kier alpha value is -2.41. The second-order valence-corrected chi connectivity index (χ2v) is 6.15. The second kappa shape index (κ2) is 7.44. The molecule has 0 radical (unpaired) electrons. The van der Waals surface area contributed by atoms with E-state index < -0.39 is 0 Å². The van der Waals surface area contributed by atoms with Gasteiger partial charge in [-0.2, -0.15) is 0 Å². The number of anilines is 1. The molecule has 2 aromatic rings. The van der Waals surface area contributed by atoms with E-state index in [1.54, 1.807) is 19.1 Å². The molecule has 3 N–H and O–H groups in total. The monoisotopic (exact) mass is 330 g/mol. The Balaban J connectivity index is 1.52. The average Bonchev–Trinajstić information content (AvgIpc) is 3.00. The molecule has 1 amide bonds. The lowest BCUT2D eigenvalue weighted by molar-refractivity contribution is 0.0922. The van der Waals surface area contributed by atoms with Crippen LogP contribution in [0.4, 0.5) is 5.69 Å². The molecule has 1 fully saturated rings. The minimum atomic E-state index is -0.266. The molecule has 3 rings (SSSR count). The van der Waals surface area contributed by atoms with Crippen molar-refractivity contribution in [1.29, 1.82) is 0 Å². The molecule has 24 heavy (non-hydrogen) atoms. The van der Waals surface area contributed by atoms with E-state index in [9.17, 15) is 4.79 Å². The quantitative estimate of drug-likeness (QED) is 0.718. The molecule has 1 aliphatic rings. The van der Waals surface area contributed by atoms with Gasteiger partial charge in [-0.3, -0.25) is 4.79 Å². The van der Waals surface area contributed by atoms with E-state index in [0.717, 1.165) is 24.4 Å². The molecule has 128 valence electrons. The van der Waals surface area contributed by atoms with Gasteiger partial charge in [0.15, 0.2) is 0 Å². The van der Waals surface area contributed by atoms with Crippen LogP contribution >= 0.6 is 0 Å². The molecule has 1 aromatic heterocycles. The van der Waals surface area contributed by atoms with Gasteiger partial charge in [0.2, 0.25) is 11.8 Å². The molecule has 1 saturated carbocycles. The minimum Gasteiger partial charge on any atom is -0.423 e. The van der Waals surface area contributed by atoms with E-state index in [1.165, 1.54) is 6.42 Å². The van der Waals surface area contributed by atoms with Crippen LogP contribution in [0.3, 0.4) is 0 Å². The maximum atomic E-state index is 11.9. The van der Waals surface area contributed by atoms with Crippen LogP contribution in [-0.4, -0.2) is 33.9 Å². The highest BCUT2D eigenvalue weighted by molar-refractivity contribution is 5.94. The van der Waals surface area contributed by atoms with Crippen molar-refractivity contribution in [3.8, 4) is 0 Å². The van der Waals surface area contributed by atoms with Crippen LogP contribution in [0.15, 0.2) is 28.7 Å². The van der Waals surface area contributed by atoms with Crippen molar-refractivity contribution in [3.05, 3.63) is 41.6 Å². The zero-order valence-corrected chi connectivity index (χ0v) is 13.7. The maximum absolute atomic E-state index is 11.9. The molecule has 0 bridgehead atoms. The zero-order valence-electron chi connectivity index (χ0n) is 13.7. The Bertz CT molecular complexity index is 679. The standard InChI is InChI=1S/C17H22N4O3/c1-11(10-22)19-16(23)12-5-7-14(8-6-12)18-9-15-20-21-17(24-15)13-3-2-4-13/h5-8,11,13,18,22H,2-4,9-10H2,1H3,(H,19,23). The van der Waals surface area contributed by atoms with Gasteiger partial charge in [-0.25, -0.2) is 0 Å². The lowest BCUT2D eigenvalue weighted by atomic mass is 9.85. The number of hydrogen-bond donors (Lipinski definition) is 3. The normalized spacial score (nSPS) is 15.6. The molecule has 0 spiro atoms. The van der Waals surface area contributed by atoms with E-state index in [-0.39, 0.29) is 18.6 Å². The third kappa shape index (κ3) is 3.91. The topological polar surface area (TPSA) is 100 Å². The SMILES string of the molecule is CC(CO)NC(=O)c1ccc(NCc2nnc(C3CCC3)o2)cc1. The van der Waals surface area contributed by atoms with Crippen LogP contribution in [0.5, 0.6) is 0 Å². The lowest BCUT2D eigenvalue weighted by Crippen LogP contribution is -2.34. The molecular weight excluding hydrogens is 308 g/mol. The molecular formula is C17H22N4O3. The first-order valence-electron chi connectivity index (χ1n) is 8.23. The molecule has 1 unspecified atom stereocenters. The van der Waals surface area contributed by atoms with Gasteiger partial charge < -0.3 is 20.2 Å². The van der Waals surface area contributed by atoms with Crippen LogP contribution in [0.1, 0.15) is 54.2 Å². The first-order chi connectivity index (χ1) is 11.7. The Morgan fingerprint density at radius 2 is 2.08 bits per heavy atom. The Labute approximate surface area is 140 Å². The molecule has 1 atom stereocenters. The summed E-state index contributed by atoms with van der Waals surface area (Å²) in [5, 5.41) is 23.0. The van der Waals surface area contributed by atoms with Crippen molar-refractivity contribution in [1.82, 2.24) is 15.5 Å². The third-order valence-corrected chi connectivity index (χ3v) is 4.18. The Morgan fingerprint density at radius 3 is 2.71 bits per heavy atom. The van der Waals surface area contributed by atoms with Crippen molar-refractivity contribution in [3.63, 3.8) is 0 Å². The largest absolute Gasteiger partial charge is 0.423 e. The van der Waals surface area contributed by atoms with Gasteiger partial charge in [0.25, 0.3) is 5.91 Å². The van der Waals surface area contributed by atoms with E-state index in [1.807, 2.05) is 12.1 Å². The molecule has 1 aromatic carbocycles. The summed E-state index contributed by atoms with van der Waals surface area (Å²) in [6, 6.07) is 6.84. The predicted octanol–water partition coefficient (Wildman–Crippen LogP) is 2.06. The second-order valence-electron chi connectivity index (χ2n) is 6.15. The summed E-state index contributed by atoms with van der Waals surface area (Å²) in [5.41, 5.74) is 1.41. The van der Waals surface area contributed by atoms with Crippen molar-refractivity contribution >= 4 is 11.6 Å². The number of rotatable bonds is 7. The van der Waals surface area contributed by atoms with Gasteiger partial charge in [-0.1, -0.05) is 6.42 Å². The summed E-state index contributed by atoms with van der Waals surface area (Å²) in [5.74, 6) is 1.54. The number of nitrogens with zero attached hydrogens (tertiary/aromatic N) is 2. The van der Waals surface area contributed by atoms with Gasteiger partial charge in [0.1, 0.15) is 0 Å². The summed E-state index contributed by atoms with van der Waals surface area (Å²) >= 11 is 0. The van der Waals surface area contributed by atoms with Gasteiger partial charge in [0.05, 0.1) is 13.2 Å².